The molecule has 1 atom stereocenters. The Morgan fingerprint density at radius 3 is 2.87 bits per heavy atom. The van der Waals surface area contributed by atoms with Gasteiger partial charge in [-0.15, -0.1) is 0 Å². The fourth-order valence-electron chi connectivity index (χ4n) is 1.79. The van der Waals surface area contributed by atoms with Crippen molar-refractivity contribution in [3.63, 3.8) is 0 Å². The maximum atomic E-state index is 11.5. The van der Waals surface area contributed by atoms with E-state index >= 15 is 0 Å². The number of nitrogens with two attached hydrogens (primary N) is 1. The zero-order valence-corrected chi connectivity index (χ0v) is 9.07. The third-order valence-corrected chi connectivity index (χ3v) is 2.57. The van der Waals surface area contributed by atoms with Crippen LogP contribution < -0.4 is 5.73 Å². The van der Waals surface area contributed by atoms with Gasteiger partial charge < -0.3 is 15.4 Å². The Morgan fingerprint density at radius 2 is 2.27 bits per heavy atom. The highest BCUT2D eigenvalue weighted by Gasteiger charge is 2.28. The second kappa shape index (κ2) is 5.70. The van der Waals surface area contributed by atoms with Gasteiger partial charge in [0.2, 0.25) is 5.91 Å². The number of hydrogen-bond acceptors (Lipinski definition) is 4. The molecule has 0 radical (unpaired) electrons. The first-order chi connectivity index (χ1) is 7.19. The summed E-state index contributed by atoms with van der Waals surface area (Å²) in [5.74, 6) is -0.467. The highest BCUT2D eigenvalue weighted by Crippen LogP contribution is 2.17. The van der Waals surface area contributed by atoms with E-state index in [2.05, 4.69) is 0 Å². The average molecular weight is 214 g/mol. The maximum Gasteiger partial charge on any atom is 0.310 e. The van der Waals surface area contributed by atoms with Crippen LogP contribution in [0.25, 0.3) is 0 Å². The summed E-state index contributed by atoms with van der Waals surface area (Å²) >= 11 is 0. The van der Waals surface area contributed by atoms with E-state index in [9.17, 15) is 9.59 Å². The summed E-state index contributed by atoms with van der Waals surface area (Å²) in [5.41, 5.74) is 5.28. The van der Waals surface area contributed by atoms with Gasteiger partial charge in [0.15, 0.2) is 0 Å². The fourth-order valence-corrected chi connectivity index (χ4v) is 1.79. The number of nitrogens with zero attached hydrogens (tertiary/aromatic N) is 1. The summed E-state index contributed by atoms with van der Waals surface area (Å²) in [7, 11) is 0. The highest BCUT2D eigenvalue weighted by atomic mass is 16.5. The number of esters is 1. The molecule has 1 fully saturated rings. The van der Waals surface area contributed by atoms with Crippen LogP contribution in [0.5, 0.6) is 0 Å². The zero-order chi connectivity index (χ0) is 11.3. The Bertz CT molecular complexity index is 243. The Kier molecular flexibility index (Phi) is 4.55. The van der Waals surface area contributed by atoms with Crippen LogP contribution in [0.3, 0.4) is 0 Å². The highest BCUT2D eigenvalue weighted by molar-refractivity contribution is 5.79. The lowest BCUT2D eigenvalue weighted by Crippen LogP contribution is -2.45. The molecule has 0 bridgehead atoms. The van der Waals surface area contributed by atoms with Crippen molar-refractivity contribution >= 4 is 11.9 Å². The number of amides is 1. The first-order valence-electron chi connectivity index (χ1n) is 5.33. The largest absolute Gasteiger partial charge is 0.466 e. The number of ether oxygens (including phenoxy) is 1. The van der Waals surface area contributed by atoms with Crippen LogP contribution in [-0.2, 0) is 14.3 Å². The van der Waals surface area contributed by atoms with Crippen LogP contribution in [0.2, 0.25) is 0 Å². The number of carbonyl (C=O) groups is 2. The second-order valence-corrected chi connectivity index (χ2v) is 3.64. The van der Waals surface area contributed by atoms with Gasteiger partial charge in [-0.3, -0.25) is 9.59 Å². The van der Waals surface area contributed by atoms with Crippen LogP contribution >= 0.6 is 0 Å². The maximum absolute atomic E-state index is 11.5. The lowest BCUT2D eigenvalue weighted by molar-refractivity contribution is -0.151. The number of likely N-dealkylation sites (tertiary alicyclic amines) is 1. The third-order valence-electron chi connectivity index (χ3n) is 2.57. The Labute approximate surface area is 89.6 Å². The molecule has 0 aromatic heterocycles. The smallest absolute Gasteiger partial charge is 0.310 e. The minimum atomic E-state index is -0.202. The summed E-state index contributed by atoms with van der Waals surface area (Å²) in [5, 5.41) is 0. The van der Waals surface area contributed by atoms with E-state index in [0.717, 1.165) is 12.8 Å². The van der Waals surface area contributed by atoms with Gasteiger partial charge in [0.1, 0.15) is 0 Å². The molecule has 1 saturated heterocycles. The van der Waals surface area contributed by atoms with Gasteiger partial charge in [0.25, 0.3) is 0 Å². The van der Waals surface area contributed by atoms with Crippen molar-refractivity contribution < 1.29 is 14.3 Å². The van der Waals surface area contributed by atoms with Crippen molar-refractivity contribution in [2.45, 2.75) is 19.8 Å². The molecular weight excluding hydrogens is 196 g/mol. The van der Waals surface area contributed by atoms with Gasteiger partial charge in [0.05, 0.1) is 19.1 Å². The minimum Gasteiger partial charge on any atom is -0.466 e. The lowest BCUT2D eigenvalue weighted by atomic mass is 9.98. The molecular formula is C10H18N2O3. The molecule has 0 aromatic rings. The normalized spacial score (nSPS) is 21.2. The Morgan fingerprint density at radius 1 is 1.53 bits per heavy atom. The predicted octanol–water partition coefficient (Wildman–Crippen LogP) is -0.253. The van der Waals surface area contributed by atoms with Crippen molar-refractivity contribution in [2.24, 2.45) is 11.7 Å². The van der Waals surface area contributed by atoms with E-state index in [4.69, 9.17) is 10.5 Å². The molecule has 0 spiro atoms. The molecule has 0 saturated carbocycles. The van der Waals surface area contributed by atoms with E-state index in [1.807, 2.05) is 0 Å². The first kappa shape index (κ1) is 12.0. The molecule has 1 aliphatic heterocycles. The third kappa shape index (κ3) is 3.20. The number of rotatable bonds is 3. The topological polar surface area (TPSA) is 72.6 Å². The van der Waals surface area contributed by atoms with E-state index in [1.165, 1.54) is 0 Å². The Balaban J connectivity index is 2.48. The summed E-state index contributed by atoms with van der Waals surface area (Å²) in [6.45, 7) is 3.33. The Hall–Kier alpha value is -1.10. The van der Waals surface area contributed by atoms with Crippen molar-refractivity contribution in [3.8, 4) is 0 Å². The van der Waals surface area contributed by atoms with Crippen LogP contribution in [-0.4, -0.2) is 43.0 Å². The molecule has 1 aliphatic rings. The average Bonchev–Trinajstić information content (AvgIpc) is 2.28. The monoisotopic (exact) mass is 214 g/mol. The van der Waals surface area contributed by atoms with Gasteiger partial charge in [-0.05, 0) is 19.8 Å². The molecule has 86 valence electrons. The molecule has 5 nitrogen and oxygen atoms in total. The van der Waals surface area contributed by atoms with Crippen molar-refractivity contribution in [3.05, 3.63) is 0 Å². The van der Waals surface area contributed by atoms with E-state index in [0.29, 0.717) is 19.7 Å². The second-order valence-electron chi connectivity index (χ2n) is 3.64. The van der Waals surface area contributed by atoms with Crippen molar-refractivity contribution in [1.82, 2.24) is 4.90 Å². The predicted molar refractivity (Wildman–Crippen MR) is 55.0 cm³/mol. The first-order valence-corrected chi connectivity index (χ1v) is 5.33. The molecule has 0 aromatic carbocycles. The number of piperidine rings is 1. The SMILES string of the molecule is CCOC(=O)[C@@H]1CCCN(C(=O)CN)C1. The molecule has 5 heteroatoms. The molecule has 0 unspecified atom stereocenters. The fraction of sp³-hybridized carbons (Fsp3) is 0.800. The molecule has 1 rings (SSSR count). The van der Waals surface area contributed by atoms with E-state index < -0.39 is 0 Å². The van der Waals surface area contributed by atoms with Crippen LogP contribution in [0.4, 0.5) is 0 Å². The van der Waals surface area contributed by atoms with Crippen LogP contribution in [0.1, 0.15) is 19.8 Å². The summed E-state index contributed by atoms with van der Waals surface area (Å²) in [6.07, 6.45) is 1.64. The molecule has 1 heterocycles. The van der Waals surface area contributed by atoms with Gasteiger partial charge in [-0.2, -0.15) is 0 Å². The quantitative estimate of drug-likeness (QED) is 0.657. The van der Waals surface area contributed by atoms with Crippen LogP contribution in [0, 0.1) is 5.92 Å². The number of carbonyl (C=O) groups excluding carboxylic acids is 2. The molecule has 2 N–H and O–H groups in total. The standard InChI is InChI=1S/C10H18N2O3/c1-2-15-10(14)8-4-3-5-12(7-8)9(13)6-11/h8H,2-7,11H2,1H3/t8-/m1/s1. The van der Waals surface area contributed by atoms with E-state index in [-0.39, 0.29) is 24.3 Å². The lowest BCUT2D eigenvalue weighted by Gasteiger charge is -2.31. The summed E-state index contributed by atoms with van der Waals surface area (Å²) in [4.78, 5) is 24.4. The van der Waals surface area contributed by atoms with Crippen molar-refractivity contribution in [1.29, 1.82) is 0 Å². The number of hydrogen-bond donors (Lipinski definition) is 1. The van der Waals surface area contributed by atoms with Gasteiger partial charge in [-0.25, -0.2) is 0 Å². The van der Waals surface area contributed by atoms with E-state index in [1.54, 1.807) is 11.8 Å². The molecule has 0 aliphatic carbocycles. The zero-order valence-electron chi connectivity index (χ0n) is 9.07. The minimum absolute atomic E-state index is 0.00947. The van der Waals surface area contributed by atoms with Crippen LogP contribution in [0.15, 0.2) is 0 Å². The van der Waals surface area contributed by atoms with Gasteiger partial charge in [-0.1, -0.05) is 0 Å². The molecule has 1 amide bonds. The van der Waals surface area contributed by atoms with Gasteiger partial charge >= 0.3 is 5.97 Å². The molecule has 15 heavy (non-hydrogen) atoms. The summed E-state index contributed by atoms with van der Waals surface area (Å²) < 4.78 is 4.93. The van der Waals surface area contributed by atoms with Gasteiger partial charge in [0, 0.05) is 13.1 Å². The summed E-state index contributed by atoms with van der Waals surface area (Å²) in [6, 6.07) is 0. The van der Waals surface area contributed by atoms with Crippen molar-refractivity contribution in [2.75, 3.05) is 26.2 Å².